The summed E-state index contributed by atoms with van der Waals surface area (Å²) in [6.07, 6.45) is 1.90. The van der Waals surface area contributed by atoms with Gasteiger partial charge in [0.25, 0.3) is 5.89 Å². The molecule has 0 bridgehead atoms. The normalized spacial score (nSPS) is 15.7. The fraction of sp³-hybridized carbons (Fsp3) is 0.350. The Bertz CT molecular complexity index is 1220. The standard InChI is InChI=1S/C20H21F3N6O3S2/c1-33-27-7-9-28(10-8-27)34(30,31)29(16-3-2-6-24-12-16)13-15-5-4-14(11-17(15)21)19-25-26-20(32-19)18(22)23/h2-6,11-12,18H,7-10,13H2,1H3. The highest BCUT2D eigenvalue weighted by molar-refractivity contribution is 7.96. The molecule has 0 aliphatic carbocycles. The summed E-state index contributed by atoms with van der Waals surface area (Å²) in [5.41, 5.74) is 0.467. The van der Waals surface area contributed by atoms with E-state index in [2.05, 4.69) is 19.5 Å². The van der Waals surface area contributed by atoms with Crippen molar-refractivity contribution >= 4 is 27.8 Å². The molecule has 0 saturated carbocycles. The minimum Gasteiger partial charge on any atom is -0.415 e. The van der Waals surface area contributed by atoms with Crippen LogP contribution in [0.15, 0.2) is 47.1 Å². The van der Waals surface area contributed by atoms with E-state index in [0.29, 0.717) is 26.2 Å². The molecule has 34 heavy (non-hydrogen) atoms. The van der Waals surface area contributed by atoms with E-state index in [1.54, 1.807) is 24.1 Å². The highest BCUT2D eigenvalue weighted by Gasteiger charge is 2.33. The molecule has 3 aromatic rings. The molecule has 0 unspecified atom stereocenters. The molecule has 0 atom stereocenters. The number of rotatable bonds is 8. The maximum absolute atomic E-state index is 15.0. The third kappa shape index (κ3) is 5.19. The van der Waals surface area contributed by atoms with Crippen LogP contribution in [-0.2, 0) is 16.8 Å². The molecule has 1 aliphatic heterocycles. The van der Waals surface area contributed by atoms with E-state index < -0.39 is 28.3 Å². The topological polar surface area (TPSA) is 95.7 Å². The minimum atomic E-state index is -3.99. The van der Waals surface area contributed by atoms with Gasteiger partial charge in [0.15, 0.2) is 0 Å². The van der Waals surface area contributed by atoms with Gasteiger partial charge < -0.3 is 4.42 Å². The van der Waals surface area contributed by atoms with Gasteiger partial charge >= 0.3 is 16.6 Å². The van der Waals surface area contributed by atoms with Gasteiger partial charge in [-0.05, 0) is 30.5 Å². The van der Waals surface area contributed by atoms with Crippen molar-refractivity contribution in [3.8, 4) is 11.5 Å². The Labute approximate surface area is 198 Å². The Hall–Kier alpha value is -2.68. The van der Waals surface area contributed by atoms with Crippen LogP contribution in [0.2, 0.25) is 0 Å². The smallest absolute Gasteiger partial charge is 0.314 e. The lowest BCUT2D eigenvalue weighted by Crippen LogP contribution is -2.51. The Morgan fingerprint density at radius 1 is 1.18 bits per heavy atom. The molecular weight excluding hydrogens is 493 g/mol. The summed E-state index contributed by atoms with van der Waals surface area (Å²) in [6, 6.07) is 7.00. The highest BCUT2D eigenvalue weighted by Crippen LogP contribution is 2.28. The molecule has 182 valence electrons. The molecule has 14 heteroatoms. The molecule has 0 spiro atoms. The second kappa shape index (κ2) is 10.3. The van der Waals surface area contributed by atoms with E-state index >= 15 is 4.39 Å². The van der Waals surface area contributed by atoms with Gasteiger partial charge in [-0.1, -0.05) is 18.0 Å². The summed E-state index contributed by atoms with van der Waals surface area (Å²) in [7, 11) is -3.99. The van der Waals surface area contributed by atoms with Crippen LogP contribution >= 0.6 is 11.9 Å². The lowest BCUT2D eigenvalue weighted by atomic mass is 10.1. The molecule has 1 aliphatic rings. The first-order chi connectivity index (χ1) is 16.3. The van der Waals surface area contributed by atoms with E-state index in [4.69, 9.17) is 4.42 Å². The summed E-state index contributed by atoms with van der Waals surface area (Å²) in [5.74, 6) is -1.87. The van der Waals surface area contributed by atoms with Crippen molar-refractivity contribution in [2.24, 2.45) is 0 Å². The molecule has 9 nitrogen and oxygen atoms in total. The largest absolute Gasteiger partial charge is 0.415 e. The average Bonchev–Trinajstić information content (AvgIpc) is 3.34. The second-order valence-corrected chi connectivity index (χ2v) is 10.0. The molecular formula is C20H21F3N6O3S2. The Kier molecular flexibility index (Phi) is 7.40. The predicted octanol–water partition coefficient (Wildman–Crippen LogP) is 3.36. The number of halogens is 3. The zero-order valence-corrected chi connectivity index (χ0v) is 19.6. The van der Waals surface area contributed by atoms with Crippen LogP contribution < -0.4 is 4.31 Å². The monoisotopic (exact) mass is 514 g/mol. The van der Waals surface area contributed by atoms with E-state index in [1.165, 1.54) is 28.8 Å². The minimum absolute atomic E-state index is 0.0764. The van der Waals surface area contributed by atoms with E-state index in [9.17, 15) is 17.2 Å². The lowest BCUT2D eigenvalue weighted by molar-refractivity contribution is 0.116. The number of nitrogens with zero attached hydrogens (tertiary/aromatic N) is 6. The van der Waals surface area contributed by atoms with Gasteiger partial charge in [-0.3, -0.25) is 9.29 Å². The summed E-state index contributed by atoms with van der Waals surface area (Å²) in [5, 5.41) is 6.74. The molecule has 3 heterocycles. The first kappa shape index (κ1) is 24.4. The quantitative estimate of drug-likeness (QED) is 0.423. The van der Waals surface area contributed by atoms with Crippen molar-refractivity contribution < 1.29 is 26.0 Å². The molecule has 0 N–H and O–H groups in total. The highest BCUT2D eigenvalue weighted by atomic mass is 32.2. The molecule has 1 saturated heterocycles. The molecule has 0 amide bonds. The van der Waals surface area contributed by atoms with Gasteiger partial charge in [0, 0.05) is 43.5 Å². The number of alkyl halides is 2. The van der Waals surface area contributed by atoms with E-state index in [-0.39, 0.29) is 29.2 Å². The summed E-state index contributed by atoms with van der Waals surface area (Å²) < 4.78 is 76.9. The third-order valence-electron chi connectivity index (χ3n) is 5.24. The number of aromatic nitrogens is 3. The van der Waals surface area contributed by atoms with Crippen molar-refractivity contribution in [1.29, 1.82) is 0 Å². The molecule has 0 radical (unpaired) electrons. The van der Waals surface area contributed by atoms with Gasteiger partial charge in [-0.25, -0.2) is 8.70 Å². The predicted molar refractivity (Wildman–Crippen MR) is 121 cm³/mol. The van der Waals surface area contributed by atoms with E-state index in [1.807, 2.05) is 6.26 Å². The Morgan fingerprint density at radius 2 is 1.94 bits per heavy atom. The van der Waals surface area contributed by atoms with Crippen LogP contribution in [0.5, 0.6) is 0 Å². The van der Waals surface area contributed by atoms with Crippen molar-refractivity contribution in [1.82, 2.24) is 23.8 Å². The van der Waals surface area contributed by atoms with Gasteiger partial charge in [-0.15, -0.1) is 10.2 Å². The summed E-state index contributed by atoms with van der Waals surface area (Å²) in [6.45, 7) is 1.43. The number of pyridine rings is 1. The van der Waals surface area contributed by atoms with Crippen molar-refractivity contribution in [2.75, 3.05) is 36.7 Å². The fourth-order valence-electron chi connectivity index (χ4n) is 3.43. The summed E-state index contributed by atoms with van der Waals surface area (Å²) >= 11 is 1.55. The lowest BCUT2D eigenvalue weighted by Gasteiger charge is -2.36. The maximum Gasteiger partial charge on any atom is 0.314 e. The maximum atomic E-state index is 15.0. The van der Waals surface area contributed by atoms with Crippen LogP contribution in [0.4, 0.5) is 18.9 Å². The van der Waals surface area contributed by atoms with Gasteiger partial charge in [0.05, 0.1) is 18.4 Å². The molecule has 1 aromatic carbocycles. The first-order valence-electron chi connectivity index (χ1n) is 10.2. The van der Waals surface area contributed by atoms with Gasteiger partial charge in [0.1, 0.15) is 5.82 Å². The SMILES string of the molecule is CSN1CCN(S(=O)(=O)N(Cc2ccc(-c3nnc(C(F)F)o3)cc2F)c2cccnc2)CC1. The van der Waals surface area contributed by atoms with Crippen molar-refractivity contribution in [3.05, 3.63) is 60.0 Å². The van der Waals surface area contributed by atoms with E-state index in [0.717, 1.165) is 10.4 Å². The number of hydrogen-bond donors (Lipinski definition) is 0. The van der Waals surface area contributed by atoms with Crippen molar-refractivity contribution in [3.63, 3.8) is 0 Å². The fourth-order valence-corrected chi connectivity index (χ4v) is 5.54. The first-order valence-corrected chi connectivity index (χ1v) is 12.7. The van der Waals surface area contributed by atoms with Gasteiger partial charge in [-0.2, -0.15) is 21.5 Å². The molecule has 2 aromatic heterocycles. The van der Waals surface area contributed by atoms with Crippen LogP contribution in [0, 0.1) is 5.82 Å². The molecule has 1 fully saturated rings. The Balaban J connectivity index is 1.62. The van der Waals surface area contributed by atoms with Gasteiger partial charge in [0.2, 0.25) is 5.89 Å². The van der Waals surface area contributed by atoms with Crippen LogP contribution in [-0.4, -0.2) is 64.6 Å². The number of anilines is 1. The number of benzene rings is 1. The summed E-state index contributed by atoms with van der Waals surface area (Å²) in [4.78, 5) is 4.01. The van der Waals surface area contributed by atoms with Crippen LogP contribution in [0.25, 0.3) is 11.5 Å². The molecule has 4 rings (SSSR count). The zero-order chi connectivity index (χ0) is 24.3. The third-order valence-corrected chi connectivity index (χ3v) is 8.03. The second-order valence-electron chi connectivity index (χ2n) is 7.29. The average molecular weight is 515 g/mol. The Morgan fingerprint density at radius 3 is 2.53 bits per heavy atom. The number of hydrogen-bond acceptors (Lipinski definition) is 8. The zero-order valence-electron chi connectivity index (χ0n) is 18.0. The van der Waals surface area contributed by atoms with Crippen molar-refractivity contribution in [2.45, 2.75) is 13.0 Å². The van der Waals surface area contributed by atoms with Crippen LogP contribution in [0.1, 0.15) is 17.9 Å². The van der Waals surface area contributed by atoms with Crippen LogP contribution in [0.3, 0.4) is 0 Å². The number of piperazine rings is 1.